The lowest BCUT2D eigenvalue weighted by atomic mass is 9.79. The molecule has 1 unspecified atom stereocenters. The van der Waals surface area contributed by atoms with Gasteiger partial charge in [0.1, 0.15) is 0 Å². The third-order valence-electron chi connectivity index (χ3n) is 4.06. The van der Waals surface area contributed by atoms with Crippen LogP contribution >= 0.6 is 0 Å². The van der Waals surface area contributed by atoms with Gasteiger partial charge in [-0.1, -0.05) is 39.0 Å². The van der Waals surface area contributed by atoms with Crippen LogP contribution in [0.4, 0.5) is 0 Å². The smallest absolute Gasteiger partial charge is 0.222 e. The van der Waals surface area contributed by atoms with Crippen LogP contribution in [-0.4, -0.2) is 35.6 Å². The van der Waals surface area contributed by atoms with E-state index < -0.39 is 0 Å². The Morgan fingerprint density at radius 1 is 1.35 bits per heavy atom. The van der Waals surface area contributed by atoms with Crippen molar-refractivity contribution in [3.8, 4) is 0 Å². The first kappa shape index (κ1) is 14.5. The van der Waals surface area contributed by atoms with E-state index in [4.69, 9.17) is 5.11 Å². The van der Waals surface area contributed by atoms with E-state index in [-0.39, 0.29) is 12.5 Å². The molecular weight excluding hydrogens is 214 g/mol. The highest BCUT2D eigenvalue weighted by Gasteiger charge is 2.23. The van der Waals surface area contributed by atoms with Gasteiger partial charge in [-0.05, 0) is 18.8 Å². The van der Waals surface area contributed by atoms with Crippen molar-refractivity contribution in [2.24, 2.45) is 11.8 Å². The zero-order valence-electron chi connectivity index (χ0n) is 11.3. The summed E-state index contributed by atoms with van der Waals surface area (Å²) in [5, 5.41) is 8.91. The van der Waals surface area contributed by atoms with E-state index in [1.54, 1.807) is 4.90 Å². The lowest BCUT2D eigenvalue weighted by Gasteiger charge is -2.29. The van der Waals surface area contributed by atoms with Gasteiger partial charge in [0.05, 0.1) is 6.61 Å². The van der Waals surface area contributed by atoms with Gasteiger partial charge in [-0.15, -0.1) is 0 Å². The van der Waals surface area contributed by atoms with Crippen molar-refractivity contribution >= 4 is 5.91 Å². The fraction of sp³-hybridized carbons (Fsp3) is 0.929. The molecule has 0 aromatic rings. The molecule has 1 N–H and O–H groups in total. The third kappa shape index (κ3) is 4.66. The maximum absolute atomic E-state index is 12.0. The average Bonchev–Trinajstić information content (AvgIpc) is 2.36. The van der Waals surface area contributed by atoms with Crippen molar-refractivity contribution in [2.75, 3.05) is 19.7 Å². The van der Waals surface area contributed by atoms with Gasteiger partial charge in [-0.25, -0.2) is 0 Å². The molecule has 0 aromatic heterocycles. The summed E-state index contributed by atoms with van der Waals surface area (Å²) in [6.07, 6.45) is 7.26. The maximum Gasteiger partial charge on any atom is 0.222 e. The van der Waals surface area contributed by atoms with Crippen molar-refractivity contribution in [1.82, 2.24) is 4.90 Å². The van der Waals surface area contributed by atoms with Crippen LogP contribution in [0.2, 0.25) is 0 Å². The molecule has 1 aliphatic rings. The van der Waals surface area contributed by atoms with E-state index in [1.807, 2.05) is 6.92 Å². The number of aliphatic hydroxyl groups excluding tert-OH is 1. The molecule has 0 spiro atoms. The fourth-order valence-electron chi connectivity index (χ4n) is 2.85. The minimum atomic E-state index is 0.0669. The van der Waals surface area contributed by atoms with Crippen molar-refractivity contribution in [3.05, 3.63) is 0 Å². The molecule has 1 saturated carbocycles. The Balaban J connectivity index is 2.37. The first-order chi connectivity index (χ1) is 8.19. The molecule has 3 nitrogen and oxygen atoms in total. The number of carbonyl (C=O) groups excluding carboxylic acids is 1. The summed E-state index contributed by atoms with van der Waals surface area (Å²) in [6, 6.07) is 0. The Morgan fingerprint density at radius 3 is 2.53 bits per heavy atom. The predicted octanol–water partition coefficient (Wildman–Crippen LogP) is 2.43. The number of carbonyl (C=O) groups is 1. The SMILES string of the molecule is CCN(CCO)C(=O)CC(C)C1CCCCC1. The molecule has 0 aromatic carbocycles. The minimum Gasteiger partial charge on any atom is -0.395 e. The summed E-state index contributed by atoms with van der Waals surface area (Å²) in [6.45, 7) is 5.43. The Labute approximate surface area is 105 Å². The molecule has 0 saturated heterocycles. The zero-order chi connectivity index (χ0) is 12.7. The van der Waals surface area contributed by atoms with Gasteiger partial charge >= 0.3 is 0 Å². The van der Waals surface area contributed by atoms with Gasteiger partial charge in [-0.2, -0.15) is 0 Å². The molecule has 0 heterocycles. The van der Waals surface area contributed by atoms with Crippen LogP contribution in [0, 0.1) is 11.8 Å². The highest BCUT2D eigenvalue weighted by Crippen LogP contribution is 2.31. The van der Waals surface area contributed by atoms with Gasteiger partial charge < -0.3 is 10.0 Å². The molecule has 3 heteroatoms. The Morgan fingerprint density at radius 2 is 2.00 bits per heavy atom. The molecule has 1 atom stereocenters. The number of hydrogen-bond donors (Lipinski definition) is 1. The van der Waals surface area contributed by atoms with E-state index in [9.17, 15) is 4.79 Å². The van der Waals surface area contributed by atoms with E-state index in [0.717, 1.165) is 5.92 Å². The Bertz CT molecular complexity index is 224. The molecule has 100 valence electrons. The highest BCUT2D eigenvalue weighted by molar-refractivity contribution is 5.76. The topological polar surface area (TPSA) is 40.5 Å². The van der Waals surface area contributed by atoms with Crippen LogP contribution in [0.3, 0.4) is 0 Å². The largest absolute Gasteiger partial charge is 0.395 e. The van der Waals surface area contributed by atoms with Crippen molar-refractivity contribution in [2.45, 2.75) is 52.4 Å². The van der Waals surface area contributed by atoms with E-state index in [2.05, 4.69) is 6.92 Å². The molecular formula is C14H27NO2. The molecule has 0 aliphatic heterocycles. The van der Waals surface area contributed by atoms with Gasteiger partial charge in [-0.3, -0.25) is 4.79 Å². The molecule has 1 fully saturated rings. The first-order valence-electron chi connectivity index (χ1n) is 7.07. The molecule has 1 aliphatic carbocycles. The van der Waals surface area contributed by atoms with E-state index in [0.29, 0.717) is 25.4 Å². The summed E-state index contributed by atoms with van der Waals surface area (Å²) in [5.74, 6) is 1.44. The molecule has 0 bridgehead atoms. The molecule has 1 rings (SSSR count). The van der Waals surface area contributed by atoms with Crippen LogP contribution in [0.1, 0.15) is 52.4 Å². The number of hydrogen-bond acceptors (Lipinski definition) is 2. The Hall–Kier alpha value is -0.570. The predicted molar refractivity (Wildman–Crippen MR) is 69.7 cm³/mol. The second kappa shape index (κ2) is 7.70. The summed E-state index contributed by atoms with van der Waals surface area (Å²) >= 11 is 0. The zero-order valence-corrected chi connectivity index (χ0v) is 11.3. The van der Waals surface area contributed by atoms with E-state index >= 15 is 0 Å². The first-order valence-corrected chi connectivity index (χ1v) is 7.07. The Kier molecular flexibility index (Phi) is 6.56. The minimum absolute atomic E-state index is 0.0669. The van der Waals surface area contributed by atoms with Gasteiger partial charge in [0, 0.05) is 19.5 Å². The number of nitrogens with zero attached hydrogens (tertiary/aromatic N) is 1. The molecule has 0 radical (unpaired) electrons. The number of amides is 1. The van der Waals surface area contributed by atoms with Gasteiger partial charge in [0.25, 0.3) is 0 Å². The summed E-state index contributed by atoms with van der Waals surface area (Å²) in [7, 11) is 0. The van der Waals surface area contributed by atoms with Crippen LogP contribution in [-0.2, 0) is 4.79 Å². The molecule has 17 heavy (non-hydrogen) atoms. The second-order valence-corrected chi connectivity index (χ2v) is 5.28. The normalized spacial score (nSPS) is 19.0. The van der Waals surface area contributed by atoms with E-state index in [1.165, 1.54) is 32.1 Å². The average molecular weight is 241 g/mol. The summed E-state index contributed by atoms with van der Waals surface area (Å²) in [4.78, 5) is 13.8. The standard InChI is InChI=1S/C14H27NO2/c1-3-15(9-10-16)14(17)11-12(2)13-7-5-4-6-8-13/h12-13,16H,3-11H2,1-2H3. The van der Waals surface area contributed by atoms with Crippen molar-refractivity contribution < 1.29 is 9.90 Å². The van der Waals surface area contributed by atoms with Crippen molar-refractivity contribution in [3.63, 3.8) is 0 Å². The second-order valence-electron chi connectivity index (χ2n) is 5.28. The highest BCUT2D eigenvalue weighted by atomic mass is 16.3. The number of likely N-dealkylation sites (N-methyl/N-ethyl adjacent to an activating group) is 1. The number of rotatable bonds is 6. The fourth-order valence-corrected chi connectivity index (χ4v) is 2.85. The van der Waals surface area contributed by atoms with Gasteiger partial charge in [0.15, 0.2) is 0 Å². The monoisotopic (exact) mass is 241 g/mol. The van der Waals surface area contributed by atoms with Crippen LogP contribution in [0.5, 0.6) is 0 Å². The quantitative estimate of drug-likeness (QED) is 0.776. The molecule has 1 amide bonds. The summed E-state index contributed by atoms with van der Waals surface area (Å²) < 4.78 is 0. The third-order valence-corrected chi connectivity index (χ3v) is 4.06. The van der Waals surface area contributed by atoms with Crippen molar-refractivity contribution in [1.29, 1.82) is 0 Å². The lowest BCUT2D eigenvalue weighted by Crippen LogP contribution is -2.35. The lowest BCUT2D eigenvalue weighted by molar-refractivity contribution is -0.132. The summed E-state index contributed by atoms with van der Waals surface area (Å²) in [5.41, 5.74) is 0. The van der Waals surface area contributed by atoms with Crippen LogP contribution in [0.15, 0.2) is 0 Å². The van der Waals surface area contributed by atoms with Gasteiger partial charge in [0.2, 0.25) is 5.91 Å². The van der Waals surface area contributed by atoms with Crippen LogP contribution < -0.4 is 0 Å². The van der Waals surface area contributed by atoms with Crippen LogP contribution in [0.25, 0.3) is 0 Å². The maximum atomic E-state index is 12.0. The number of aliphatic hydroxyl groups is 1.